The molecule has 1 N–H and O–H groups in total. The Kier molecular flexibility index (Phi) is 6.57. The molecule has 5 nitrogen and oxygen atoms in total. The van der Waals surface area contributed by atoms with E-state index in [0.717, 1.165) is 70.5 Å². The smallest absolute Gasteiger partial charge is 0.193 e. The Balaban J connectivity index is 1.38. The predicted octanol–water partition coefficient (Wildman–Crippen LogP) is 2.41. The number of nitrogens with one attached hydrogen (secondary N) is 1. The van der Waals surface area contributed by atoms with Crippen LogP contribution in [0.5, 0.6) is 0 Å². The predicted molar refractivity (Wildman–Crippen MR) is 92.8 cm³/mol. The van der Waals surface area contributed by atoms with Crippen molar-refractivity contribution in [3.63, 3.8) is 0 Å². The van der Waals surface area contributed by atoms with Crippen molar-refractivity contribution in [2.75, 3.05) is 39.4 Å². The largest absolute Gasteiger partial charge is 0.376 e. The van der Waals surface area contributed by atoms with Gasteiger partial charge in [0.25, 0.3) is 0 Å². The Morgan fingerprint density at radius 2 is 2.00 bits per heavy atom. The fourth-order valence-electron chi connectivity index (χ4n) is 3.36. The summed E-state index contributed by atoms with van der Waals surface area (Å²) in [5.74, 6) is 1.95. The molecule has 5 heteroatoms. The second-order valence-corrected chi connectivity index (χ2v) is 7.15. The maximum atomic E-state index is 6.11. The van der Waals surface area contributed by atoms with Crippen molar-refractivity contribution in [2.24, 2.45) is 10.9 Å². The van der Waals surface area contributed by atoms with Gasteiger partial charge in [0, 0.05) is 32.8 Å². The number of likely N-dealkylation sites (tertiary alicyclic amines) is 1. The van der Waals surface area contributed by atoms with Gasteiger partial charge < -0.3 is 19.7 Å². The molecule has 2 heterocycles. The summed E-state index contributed by atoms with van der Waals surface area (Å²) < 4.78 is 11.9. The molecule has 1 aliphatic carbocycles. The first-order chi connectivity index (χ1) is 11.3. The number of rotatable bonds is 6. The molecule has 1 saturated carbocycles. The van der Waals surface area contributed by atoms with Crippen molar-refractivity contribution in [3.8, 4) is 0 Å². The Morgan fingerprint density at radius 1 is 1.17 bits per heavy atom. The van der Waals surface area contributed by atoms with Gasteiger partial charge in [0.1, 0.15) is 0 Å². The van der Waals surface area contributed by atoms with E-state index < -0.39 is 0 Å². The molecule has 1 atom stereocenters. The molecular weight excluding hydrogens is 290 g/mol. The molecule has 3 rings (SSSR count). The fourth-order valence-corrected chi connectivity index (χ4v) is 3.36. The molecule has 3 fully saturated rings. The molecule has 0 bridgehead atoms. The lowest BCUT2D eigenvalue weighted by Crippen LogP contribution is -2.47. The first-order valence-electron chi connectivity index (χ1n) is 9.61. The molecule has 0 aromatic heterocycles. The quantitative estimate of drug-likeness (QED) is 0.602. The van der Waals surface area contributed by atoms with Gasteiger partial charge in [-0.3, -0.25) is 4.99 Å². The summed E-state index contributed by atoms with van der Waals surface area (Å²) in [6, 6.07) is 0. The van der Waals surface area contributed by atoms with E-state index in [-0.39, 0.29) is 0 Å². The topological polar surface area (TPSA) is 46.1 Å². The van der Waals surface area contributed by atoms with Gasteiger partial charge in [-0.15, -0.1) is 0 Å². The summed E-state index contributed by atoms with van der Waals surface area (Å²) >= 11 is 0. The van der Waals surface area contributed by atoms with Crippen molar-refractivity contribution >= 4 is 5.96 Å². The highest BCUT2D eigenvalue weighted by Gasteiger charge is 2.25. The van der Waals surface area contributed by atoms with E-state index in [1.807, 2.05) is 0 Å². The van der Waals surface area contributed by atoms with Crippen LogP contribution in [0, 0.1) is 5.92 Å². The van der Waals surface area contributed by atoms with Gasteiger partial charge in [0.15, 0.2) is 5.96 Å². The van der Waals surface area contributed by atoms with Crippen LogP contribution in [0.3, 0.4) is 0 Å². The van der Waals surface area contributed by atoms with Gasteiger partial charge >= 0.3 is 0 Å². The molecule has 2 aliphatic heterocycles. The third-order valence-corrected chi connectivity index (χ3v) is 5.06. The molecular formula is C18H33N3O2. The lowest BCUT2D eigenvalue weighted by molar-refractivity contribution is -0.0721. The second kappa shape index (κ2) is 8.88. The number of hydrogen-bond donors (Lipinski definition) is 1. The third kappa shape index (κ3) is 5.64. The SMILES string of the molecule is CCNC(=NCC1CC1)N1CCC(OCC2CCCCO2)CC1. The number of guanidine groups is 1. The maximum Gasteiger partial charge on any atom is 0.193 e. The van der Waals surface area contributed by atoms with E-state index in [9.17, 15) is 0 Å². The normalized spacial score (nSPS) is 27.3. The first kappa shape index (κ1) is 17.0. The van der Waals surface area contributed by atoms with Crippen LogP contribution in [-0.4, -0.2) is 62.5 Å². The highest BCUT2D eigenvalue weighted by Crippen LogP contribution is 2.29. The van der Waals surface area contributed by atoms with E-state index in [1.165, 1.54) is 25.7 Å². The van der Waals surface area contributed by atoms with Crippen LogP contribution in [0.2, 0.25) is 0 Å². The monoisotopic (exact) mass is 323 g/mol. The average Bonchev–Trinajstić information content (AvgIpc) is 3.43. The summed E-state index contributed by atoms with van der Waals surface area (Å²) in [4.78, 5) is 7.22. The van der Waals surface area contributed by atoms with Gasteiger partial charge in [-0.1, -0.05) is 0 Å². The molecule has 0 spiro atoms. The van der Waals surface area contributed by atoms with Crippen LogP contribution >= 0.6 is 0 Å². The first-order valence-corrected chi connectivity index (χ1v) is 9.61. The summed E-state index contributed by atoms with van der Waals surface area (Å²) in [5, 5.41) is 3.45. The highest BCUT2D eigenvalue weighted by atomic mass is 16.5. The van der Waals surface area contributed by atoms with E-state index in [4.69, 9.17) is 14.5 Å². The standard InChI is InChI=1S/C18H33N3O2/c1-2-19-18(20-13-15-6-7-15)21-10-8-16(9-11-21)23-14-17-5-3-4-12-22-17/h15-17H,2-14H2,1H3,(H,19,20). The summed E-state index contributed by atoms with van der Waals surface area (Å²) in [5.41, 5.74) is 0. The van der Waals surface area contributed by atoms with Crippen LogP contribution in [0.1, 0.15) is 51.9 Å². The Hall–Kier alpha value is -0.810. The number of ether oxygens (including phenoxy) is 2. The summed E-state index contributed by atoms with van der Waals surface area (Å²) in [6.07, 6.45) is 9.31. The minimum Gasteiger partial charge on any atom is -0.376 e. The van der Waals surface area contributed by atoms with Crippen molar-refractivity contribution < 1.29 is 9.47 Å². The number of piperidine rings is 1. The zero-order valence-corrected chi connectivity index (χ0v) is 14.6. The Morgan fingerprint density at radius 3 is 2.65 bits per heavy atom. The summed E-state index contributed by atoms with van der Waals surface area (Å²) in [7, 11) is 0. The maximum absolute atomic E-state index is 6.11. The van der Waals surface area contributed by atoms with Crippen molar-refractivity contribution in [2.45, 2.75) is 64.1 Å². The zero-order chi connectivity index (χ0) is 15.9. The third-order valence-electron chi connectivity index (χ3n) is 5.06. The Labute approximate surface area is 140 Å². The van der Waals surface area contributed by atoms with Crippen LogP contribution in [-0.2, 0) is 9.47 Å². The molecule has 0 radical (unpaired) electrons. The number of nitrogens with zero attached hydrogens (tertiary/aromatic N) is 2. The molecule has 3 aliphatic rings. The van der Waals surface area contributed by atoms with Gasteiger partial charge in [-0.05, 0) is 57.8 Å². The van der Waals surface area contributed by atoms with Crippen LogP contribution < -0.4 is 5.32 Å². The van der Waals surface area contributed by atoms with Crippen molar-refractivity contribution in [1.29, 1.82) is 0 Å². The lowest BCUT2D eigenvalue weighted by Gasteiger charge is -2.35. The molecule has 2 saturated heterocycles. The van der Waals surface area contributed by atoms with Crippen molar-refractivity contribution in [3.05, 3.63) is 0 Å². The minimum atomic E-state index is 0.333. The van der Waals surface area contributed by atoms with Crippen molar-refractivity contribution in [1.82, 2.24) is 10.2 Å². The van der Waals surface area contributed by atoms with Crippen LogP contribution in [0.25, 0.3) is 0 Å². The number of hydrogen-bond acceptors (Lipinski definition) is 3. The molecule has 23 heavy (non-hydrogen) atoms. The van der Waals surface area contributed by atoms with Crippen LogP contribution in [0.4, 0.5) is 0 Å². The second-order valence-electron chi connectivity index (χ2n) is 7.15. The van der Waals surface area contributed by atoms with Crippen LogP contribution in [0.15, 0.2) is 4.99 Å². The van der Waals surface area contributed by atoms with E-state index in [1.54, 1.807) is 0 Å². The summed E-state index contributed by atoms with van der Waals surface area (Å²) in [6.45, 7) is 7.87. The van der Waals surface area contributed by atoms with Gasteiger partial charge in [-0.25, -0.2) is 0 Å². The molecule has 0 aromatic rings. The van der Waals surface area contributed by atoms with E-state index >= 15 is 0 Å². The van der Waals surface area contributed by atoms with E-state index in [2.05, 4.69) is 17.1 Å². The fraction of sp³-hybridized carbons (Fsp3) is 0.944. The number of aliphatic imine (C=N–C) groups is 1. The molecule has 132 valence electrons. The molecule has 0 aromatic carbocycles. The van der Waals surface area contributed by atoms with Gasteiger partial charge in [0.05, 0.1) is 18.8 Å². The Bertz CT molecular complexity index is 370. The molecule has 0 amide bonds. The molecule has 1 unspecified atom stereocenters. The van der Waals surface area contributed by atoms with Gasteiger partial charge in [-0.2, -0.15) is 0 Å². The van der Waals surface area contributed by atoms with E-state index in [0.29, 0.717) is 12.2 Å². The lowest BCUT2D eigenvalue weighted by atomic mass is 10.1. The average molecular weight is 323 g/mol. The highest BCUT2D eigenvalue weighted by molar-refractivity contribution is 5.80. The van der Waals surface area contributed by atoms with Gasteiger partial charge in [0.2, 0.25) is 0 Å². The minimum absolute atomic E-state index is 0.333. The zero-order valence-electron chi connectivity index (χ0n) is 14.6.